The second-order valence-electron chi connectivity index (χ2n) is 6.88. The standard InChI is InChI=1S/C22H25Br3N2O4/c1-3-4-5-6-9-30-19-8-7-15(11-17(19)24)22(29)27-26-20(28)13-31-21-14(2)10-16(23)12-18(21)25/h7-8,10-12H,3-6,9,13H2,1-2H3,(H,26,28)(H,27,29). The van der Waals surface area contributed by atoms with Crippen LogP contribution in [-0.2, 0) is 4.79 Å². The number of halogens is 3. The minimum atomic E-state index is -0.478. The van der Waals surface area contributed by atoms with Crippen LogP contribution in [0.2, 0.25) is 0 Å². The fourth-order valence-corrected chi connectivity index (χ4v) is 4.76. The SMILES string of the molecule is CCCCCCOc1ccc(C(=O)NNC(=O)COc2c(C)cc(Br)cc2Br)cc1Br. The van der Waals surface area contributed by atoms with Crippen molar-refractivity contribution in [2.45, 2.75) is 39.5 Å². The normalized spacial score (nSPS) is 10.5. The number of unbranched alkanes of at least 4 members (excludes halogenated alkanes) is 3. The van der Waals surface area contributed by atoms with E-state index in [2.05, 4.69) is 65.6 Å². The first-order valence-electron chi connectivity index (χ1n) is 9.91. The number of aryl methyl sites for hydroxylation is 1. The van der Waals surface area contributed by atoms with Gasteiger partial charge in [-0.1, -0.05) is 42.1 Å². The predicted octanol–water partition coefficient (Wildman–Crippen LogP) is 6.08. The van der Waals surface area contributed by atoms with Gasteiger partial charge in [0.25, 0.3) is 11.8 Å². The molecule has 0 heterocycles. The molecule has 9 heteroatoms. The zero-order chi connectivity index (χ0) is 22.8. The molecule has 2 N–H and O–H groups in total. The van der Waals surface area contributed by atoms with Gasteiger partial charge in [0.15, 0.2) is 6.61 Å². The van der Waals surface area contributed by atoms with Gasteiger partial charge in [-0.15, -0.1) is 0 Å². The Bertz CT molecular complexity index is 899. The van der Waals surface area contributed by atoms with E-state index in [1.54, 1.807) is 18.2 Å². The molecule has 2 aromatic rings. The monoisotopic (exact) mass is 618 g/mol. The molecule has 0 spiro atoms. The molecule has 6 nitrogen and oxygen atoms in total. The molecule has 0 unspecified atom stereocenters. The zero-order valence-corrected chi connectivity index (χ0v) is 22.2. The van der Waals surface area contributed by atoms with Crippen LogP contribution in [0, 0.1) is 6.92 Å². The molecule has 0 bridgehead atoms. The van der Waals surface area contributed by atoms with Crippen LogP contribution >= 0.6 is 47.8 Å². The number of hydrogen-bond donors (Lipinski definition) is 2. The van der Waals surface area contributed by atoms with Crippen molar-refractivity contribution in [2.75, 3.05) is 13.2 Å². The Morgan fingerprint density at radius 1 is 0.935 bits per heavy atom. The minimum Gasteiger partial charge on any atom is -0.492 e. The van der Waals surface area contributed by atoms with Gasteiger partial charge in [-0.05, 0) is 81.1 Å². The first-order valence-corrected chi connectivity index (χ1v) is 12.3. The van der Waals surface area contributed by atoms with E-state index in [1.165, 1.54) is 12.8 Å². The van der Waals surface area contributed by atoms with Gasteiger partial charge >= 0.3 is 0 Å². The van der Waals surface area contributed by atoms with Crippen LogP contribution < -0.4 is 20.3 Å². The average Bonchev–Trinajstić information content (AvgIpc) is 2.72. The maximum Gasteiger partial charge on any atom is 0.276 e. The highest BCUT2D eigenvalue weighted by Gasteiger charge is 2.13. The Kier molecular flexibility index (Phi) is 10.8. The largest absolute Gasteiger partial charge is 0.492 e. The van der Waals surface area contributed by atoms with Gasteiger partial charge in [0.05, 0.1) is 15.6 Å². The summed E-state index contributed by atoms with van der Waals surface area (Å²) in [6, 6.07) is 8.75. The third-order valence-corrected chi connectivity index (χ3v) is 5.97. The molecule has 168 valence electrons. The van der Waals surface area contributed by atoms with Crippen LogP contribution in [0.3, 0.4) is 0 Å². The lowest BCUT2D eigenvalue weighted by atomic mass is 10.2. The highest BCUT2D eigenvalue weighted by atomic mass is 79.9. The third-order valence-electron chi connectivity index (χ3n) is 4.31. The van der Waals surface area contributed by atoms with Crippen molar-refractivity contribution in [3.63, 3.8) is 0 Å². The lowest BCUT2D eigenvalue weighted by Crippen LogP contribution is -2.43. The fourth-order valence-electron chi connectivity index (χ4n) is 2.71. The topological polar surface area (TPSA) is 76.7 Å². The molecular formula is C22H25Br3N2O4. The Labute approximate surface area is 207 Å². The van der Waals surface area contributed by atoms with Gasteiger partial charge in [0, 0.05) is 10.0 Å². The molecule has 0 aliphatic rings. The number of hydrogen-bond acceptors (Lipinski definition) is 4. The number of benzene rings is 2. The molecule has 0 fully saturated rings. The second-order valence-corrected chi connectivity index (χ2v) is 9.50. The van der Waals surface area contributed by atoms with Crippen molar-refractivity contribution in [1.29, 1.82) is 0 Å². The van der Waals surface area contributed by atoms with E-state index in [-0.39, 0.29) is 6.61 Å². The maximum atomic E-state index is 12.3. The summed E-state index contributed by atoms with van der Waals surface area (Å²) in [7, 11) is 0. The Morgan fingerprint density at radius 3 is 2.39 bits per heavy atom. The number of carbonyl (C=O) groups is 2. The van der Waals surface area contributed by atoms with Crippen LogP contribution in [0.15, 0.2) is 43.7 Å². The van der Waals surface area contributed by atoms with Gasteiger partial charge in [-0.25, -0.2) is 0 Å². The number of nitrogens with one attached hydrogen (secondary N) is 2. The number of rotatable bonds is 10. The van der Waals surface area contributed by atoms with E-state index >= 15 is 0 Å². The van der Waals surface area contributed by atoms with Crippen LogP contribution in [0.5, 0.6) is 11.5 Å². The molecule has 0 atom stereocenters. The van der Waals surface area contributed by atoms with Crippen LogP contribution in [-0.4, -0.2) is 25.0 Å². The third kappa shape index (κ3) is 8.46. The molecule has 0 aromatic heterocycles. The van der Waals surface area contributed by atoms with Crippen LogP contribution in [0.4, 0.5) is 0 Å². The smallest absolute Gasteiger partial charge is 0.276 e. The number of ether oxygens (including phenoxy) is 2. The van der Waals surface area contributed by atoms with E-state index in [0.29, 0.717) is 28.1 Å². The summed E-state index contributed by atoms with van der Waals surface area (Å²) in [5, 5.41) is 0. The Morgan fingerprint density at radius 2 is 1.71 bits per heavy atom. The summed E-state index contributed by atoms with van der Waals surface area (Å²) in [4.78, 5) is 24.4. The predicted molar refractivity (Wildman–Crippen MR) is 131 cm³/mol. The van der Waals surface area contributed by atoms with Gasteiger partial charge in [-0.2, -0.15) is 0 Å². The molecule has 0 saturated heterocycles. The number of amides is 2. The van der Waals surface area contributed by atoms with Gasteiger partial charge < -0.3 is 9.47 Å². The minimum absolute atomic E-state index is 0.240. The first kappa shape index (κ1) is 25.7. The van der Waals surface area contributed by atoms with Crippen molar-refractivity contribution in [2.24, 2.45) is 0 Å². The Balaban J connectivity index is 1.81. The molecule has 0 aliphatic carbocycles. The van der Waals surface area contributed by atoms with Crippen molar-refractivity contribution in [3.05, 3.63) is 54.9 Å². The summed E-state index contributed by atoms with van der Waals surface area (Å²) in [5.41, 5.74) is 6.00. The fraction of sp³-hybridized carbons (Fsp3) is 0.364. The number of hydrazine groups is 1. The summed E-state index contributed by atoms with van der Waals surface area (Å²) >= 11 is 10.2. The number of carbonyl (C=O) groups excluding carboxylic acids is 2. The maximum absolute atomic E-state index is 12.3. The molecule has 2 rings (SSSR count). The highest BCUT2D eigenvalue weighted by molar-refractivity contribution is 9.11. The second kappa shape index (κ2) is 13.1. The van der Waals surface area contributed by atoms with Gasteiger partial charge in [-0.3, -0.25) is 20.4 Å². The van der Waals surface area contributed by atoms with Crippen molar-refractivity contribution in [1.82, 2.24) is 10.9 Å². The summed E-state index contributed by atoms with van der Waals surface area (Å²) < 4.78 is 13.6. The molecule has 0 radical (unpaired) electrons. The van der Waals surface area contributed by atoms with Gasteiger partial charge in [0.1, 0.15) is 11.5 Å². The Hall–Kier alpha value is -1.58. The van der Waals surface area contributed by atoms with E-state index in [9.17, 15) is 9.59 Å². The molecule has 2 amide bonds. The lowest BCUT2D eigenvalue weighted by molar-refractivity contribution is -0.123. The summed E-state index contributed by atoms with van der Waals surface area (Å²) in [6.45, 7) is 4.43. The van der Waals surface area contributed by atoms with Crippen molar-refractivity contribution < 1.29 is 19.1 Å². The van der Waals surface area contributed by atoms with E-state index in [1.807, 2.05) is 19.1 Å². The lowest BCUT2D eigenvalue weighted by Gasteiger charge is -2.13. The van der Waals surface area contributed by atoms with Crippen LogP contribution in [0.25, 0.3) is 0 Å². The van der Waals surface area contributed by atoms with E-state index in [0.717, 1.165) is 27.4 Å². The average molecular weight is 621 g/mol. The van der Waals surface area contributed by atoms with E-state index < -0.39 is 11.8 Å². The van der Waals surface area contributed by atoms with Gasteiger partial charge in [0.2, 0.25) is 0 Å². The van der Waals surface area contributed by atoms with Crippen molar-refractivity contribution >= 4 is 59.6 Å². The quantitative estimate of drug-likeness (QED) is 0.249. The summed E-state index contributed by atoms with van der Waals surface area (Å²) in [6.07, 6.45) is 4.50. The highest BCUT2D eigenvalue weighted by Crippen LogP contribution is 2.32. The molecule has 2 aromatic carbocycles. The van der Waals surface area contributed by atoms with Crippen LogP contribution in [0.1, 0.15) is 48.5 Å². The first-order chi connectivity index (χ1) is 14.8. The van der Waals surface area contributed by atoms with E-state index in [4.69, 9.17) is 9.47 Å². The molecule has 0 aliphatic heterocycles. The summed E-state index contributed by atoms with van der Waals surface area (Å²) in [5.74, 6) is 0.332. The molecule has 31 heavy (non-hydrogen) atoms. The van der Waals surface area contributed by atoms with Crippen molar-refractivity contribution in [3.8, 4) is 11.5 Å². The molecular weight excluding hydrogens is 596 g/mol. The molecule has 0 saturated carbocycles. The zero-order valence-electron chi connectivity index (χ0n) is 17.4.